The molecule has 0 saturated carbocycles. The maximum Gasteiger partial charge on any atom is 0.416 e. The quantitative estimate of drug-likeness (QED) is 0.258. The number of aromatic hydroxyl groups is 1. The standard InChI is InChI=1S/C33H35ClF3N9O6/c1-4-24-27(43-9-10-44(21(14-43)16-51-3)30(49)26-28(48)18(2)38-17-39-26)31(50)46-32(41-29(42-46)19-7-11-52-12-8-19)45(24)15-25(47)40-23-6-5-20(13-22(23)34)33(35,36)37/h5-7,13,17,21,48H,4,8-12,14-16H2,1-3H3,(H,40,47). The average molecular weight is 746 g/mol. The van der Waals surface area contributed by atoms with Gasteiger partial charge in [-0.25, -0.2) is 9.97 Å². The molecule has 0 radical (unpaired) electrons. The molecule has 3 aromatic heterocycles. The number of carbonyl (C=O) groups excluding carboxylic acids is 2. The fourth-order valence-electron chi connectivity index (χ4n) is 6.34. The number of benzene rings is 1. The summed E-state index contributed by atoms with van der Waals surface area (Å²) in [6.07, 6.45) is -0.850. The van der Waals surface area contributed by atoms with Crippen LogP contribution in [-0.4, -0.2) is 104 Å². The second-order valence-corrected chi connectivity index (χ2v) is 12.6. The van der Waals surface area contributed by atoms with Crippen molar-refractivity contribution in [2.24, 2.45) is 0 Å². The van der Waals surface area contributed by atoms with Crippen LogP contribution in [0.25, 0.3) is 11.4 Å². The lowest BCUT2D eigenvalue weighted by atomic mass is 10.1. The molecule has 4 aromatic rings. The van der Waals surface area contributed by atoms with E-state index in [0.29, 0.717) is 25.3 Å². The molecule has 1 saturated heterocycles. The lowest BCUT2D eigenvalue weighted by Crippen LogP contribution is -2.58. The van der Waals surface area contributed by atoms with Gasteiger partial charge in [0.25, 0.3) is 11.5 Å². The number of aryl methyl sites for hydroxylation is 1. The smallest absolute Gasteiger partial charge is 0.416 e. The highest BCUT2D eigenvalue weighted by molar-refractivity contribution is 6.33. The molecule has 0 bridgehead atoms. The minimum Gasteiger partial charge on any atom is -0.504 e. The predicted octanol–water partition coefficient (Wildman–Crippen LogP) is 3.35. The van der Waals surface area contributed by atoms with Gasteiger partial charge in [0.1, 0.15) is 18.6 Å². The summed E-state index contributed by atoms with van der Waals surface area (Å²) in [4.78, 5) is 57.5. The lowest BCUT2D eigenvalue weighted by Gasteiger charge is -2.42. The van der Waals surface area contributed by atoms with Gasteiger partial charge in [-0.05, 0) is 43.5 Å². The van der Waals surface area contributed by atoms with Crippen molar-refractivity contribution in [1.82, 2.24) is 34.0 Å². The number of nitrogens with one attached hydrogen (secondary N) is 1. The summed E-state index contributed by atoms with van der Waals surface area (Å²) < 4.78 is 53.3. The molecule has 5 heterocycles. The molecule has 15 nitrogen and oxygen atoms in total. The van der Waals surface area contributed by atoms with Crippen molar-refractivity contribution < 1.29 is 37.3 Å². The van der Waals surface area contributed by atoms with Crippen molar-refractivity contribution in [3.63, 3.8) is 0 Å². The highest BCUT2D eigenvalue weighted by Gasteiger charge is 2.36. The molecule has 1 atom stereocenters. The van der Waals surface area contributed by atoms with Crippen LogP contribution >= 0.6 is 11.6 Å². The number of halogens is 4. The normalized spacial score (nSPS) is 16.7. The fraction of sp³-hybridized carbons (Fsp3) is 0.424. The summed E-state index contributed by atoms with van der Waals surface area (Å²) in [5.41, 5.74) is 0.0152. The Bertz CT molecular complexity index is 2120. The zero-order valence-corrected chi connectivity index (χ0v) is 29.2. The summed E-state index contributed by atoms with van der Waals surface area (Å²) in [7, 11) is 1.48. The first-order valence-corrected chi connectivity index (χ1v) is 16.7. The van der Waals surface area contributed by atoms with Crippen molar-refractivity contribution in [2.75, 3.05) is 56.8 Å². The Morgan fingerprint density at radius 3 is 2.67 bits per heavy atom. The molecule has 0 spiro atoms. The van der Waals surface area contributed by atoms with E-state index in [9.17, 15) is 32.7 Å². The van der Waals surface area contributed by atoms with Crippen LogP contribution in [0.4, 0.5) is 24.5 Å². The van der Waals surface area contributed by atoms with Gasteiger partial charge >= 0.3 is 6.18 Å². The van der Waals surface area contributed by atoms with Gasteiger partial charge in [0.15, 0.2) is 17.3 Å². The largest absolute Gasteiger partial charge is 0.504 e. The van der Waals surface area contributed by atoms with E-state index in [1.807, 2.05) is 6.08 Å². The Morgan fingerprint density at radius 1 is 1.21 bits per heavy atom. The molecular formula is C33H35ClF3N9O6. The monoisotopic (exact) mass is 745 g/mol. The van der Waals surface area contributed by atoms with Crippen LogP contribution in [0.1, 0.15) is 46.6 Å². The number of aromatic nitrogens is 6. The van der Waals surface area contributed by atoms with Crippen LogP contribution in [0.5, 0.6) is 5.75 Å². The molecule has 1 unspecified atom stereocenters. The van der Waals surface area contributed by atoms with Crippen molar-refractivity contribution in [3.05, 3.63) is 74.4 Å². The van der Waals surface area contributed by atoms with E-state index in [1.165, 1.54) is 18.3 Å². The van der Waals surface area contributed by atoms with E-state index in [1.54, 1.807) is 23.3 Å². The minimum atomic E-state index is -4.62. The van der Waals surface area contributed by atoms with Crippen molar-refractivity contribution in [1.29, 1.82) is 0 Å². The number of amides is 2. The molecular weight excluding hydrogens is 711 g/mol. The number of fused-ring (bicyclic) bond motifs is 1. The summed E-state index contributed by atoms with van der Waals surface area (Å²) >= 11 is 6.13. The predicted molar refractivity (Wildman–Crippen MR) is 182 cm³/mol. The Morgan fingerprint density at radius 2 is 2.00 bits per heavy atom. The van der Waals surface area contributed by atoms with Gasteiger partial charge in [-0.2, -0.15) is 22.7 Å². The molecule has 1 aromatic carbocycles. The summed E-state index contributed by atoms with van der Waals surface area (Å²) in [6, 6.07) is 2.03. The van der Waals surface area contributed by atoms with Gasteiger partial charge in [0.2, 0.25) is 11.7 Å². The Balaban J connectivity index is 1.39. The highest BCUT2D eigenvalue weighted by atomic mass is 35.5. The van der Waals surface area contributed by atoms with E-state index in [0.717, 1.165) is 28.3 Å². The Hall–Kier alpha value is -5.07. The van der Waals surface area contributed by atoms with Crippen molar-refractivity contribution in [2.45, 2.75) is 45.5 Å². The van der Waals surface area contributed by atoms with Crippen LogP contribution in [0, 0.1) is 6.92 Å². The molecule has 0 aliphatic carbocycles. The van der Waals surface area contributed by atoms with E-state index in [2.05, 4.69) is 25.4 Å². The second kappa shape index (κ2) is 14.9. The molecule has 6 rings (SSSR count). The Kier molecular flexibility index (Phi) is 10.5. The first-order valence-electron chi connectivity index (χ1n) is 16.3. The topological polar surface area (TPSA) is 169 Å². The molecule has 2 amide bonds. The fourth-order valence-corrected chi connectivity index (χ4v) is 6.57. The van der Waals surface area contributed by atoms with E-state index >= 15 is 0 Å². The number of carbonyl (C=O) groups is 2. The molecule has 2 N–H and O–H groups in total. The van der Waals surface area contributed by atoms with Crippen LogP contribution < -0.4 is 15.8 Å². The highest BCUT2D eigenvalue weighted by Crippen LogP contribution is 2.34. The zero-order chi connectivity index (χ0) is 37.3. The molecule has 1 fully saturated rings. The van der Waals surface area contributed by atoms with Crippen LogP contribution in [0.15, 0.2) is 35.4 Å². The third-order valence-corrected chi connectivity index (χ3v) is 9.22. The van der Waals surface area contributed by atoms with Gasteiger partial charge in [0.05, 0.1) is 53.5 Å². The number of piperazine rings is 1. The molecule has 52 heavy (non-hydrogen) atoms. The Labute approximate surface area is 299 Å². The lowest BCUT2D eigenvalue weighted by molar-refractivity contribution is -0.137. The summed E-state index contributed by atoms with van der Waals surface area (Å²) in [5.74, 6) is -1.14. The number of ether oxygens (including phenoxy) is 2. The van der Waals surface area contributed by atoms with Crippen molar-refractivity contribution >= 4 is 46.1 Å². The van der Waals surface area contributed by atoms with Crippen LogP contribution in [0.2, 0.25) is 5.02 Å². The van der Waals surface area contributed by atoms with Gasteiger partial charge < -0.3 is 34.3 Å². The summed E-state index contributed by atoms with van der Waals surface area (Å²) in [5, 5.41) is 17.4. The first kappa shape index (κ1) is 36.7. The first-order chi connectivity index (χ1) is 24.8. The van der Waals surface area contributed by atoms with Gasteiger partial charge in [-0.3, -0.25) is 14.4 Å². The number of alkyl halides is 3. The number of methoxy groups -OCH3 is 1. The maximum atomic E-state index is 14.4. The minimum absolute atomic E-state index is 0.0300. The average Bonchev–Trinajstić information content (AvgIpc) is 3.57. The van der Waals surface area contributed by atoms with Gasteiger partial charge in [-0.15, -0.1) is 5.10 Å². The zero-order valence-electron chi connectivity index (χ0n) is 28.4. The van der Waals surface area contributed by atoms with Crippen molar-refractivity contribution in [3.8, 4) is 5.75 Å². The number of anilines is 2. The number of rotatable bonds is 9. The molecule has 19 heteroatoms. The number of hydrogen-bond donors (Lipinski definition) is 2. The van der Waals surface area contributed by atoms with E-state index in [-0.39, 0.29) is 77.8 Å². The third-order valence-electron chi connectivity index (χ3n) is 8.91. The number of nitrogens with zero attached hydrogens (tertiary/aromatic N) is 8. The van der Waals surface area contributed by atoms with Crippen LogP contribution in [0.3, 0.4) is 0 Å². The van der Waals surface area contributed by atoms with E-state index < -0.39 is 41.7 Å². The van der Waals surface area contributed by atoms with E-state index in [4.69, 9.17) is 21.1 Å². The van der Waals surface area contributed by atoms with Crippen LogP contribution in [-0.2, 0) is 33.4 Å². The molecule has 2 aliphatic rings. The number of hydrogen-bond acceptors (Lipinski definition) is 11. The third kappa shape index (κ3) is 7.18. The second-order valence-electron chi connectivity index (χ2n) is 12.2. The SMILES string of the molecule is CCc1c(N2CCN(C(=O)c3ncnc(C)c3O)C(COC)C2)c(=O)n2nc(C3=CCOCC3)nc2n1CC(=O)Nc1ccc(C(F)(F)F)cc1Cl. The molecule has 276 valence electrons. The van der Waals surface area contributed by atoms with Gasteiger partial charge in [-0.1, -0.05) is 24.6 Å². The summed E-state index contributed by atoms with van der Waals surface area (Å²) in [6.45, 7) is 4.26. The molecule has 2 aliphatic heterocycles. The van der Waals surface area contributed by atoms with Gasteiger partial charge in [0, 0.05) is 26.7 Å². The maximum absolute atomic E-state index is 14.4.